The maximum Gasteiger partial charge on any atom is 0.159 e. The van der Waals surface area contributed by atoms with Gasteiger partial charge >= 0.3 is 0 Å². The van der Waals surface area contributed by atoms with Gasteiger partial charge in [0, 0.05) is 17.8 Å². The summed E-state index contributed by atoms with van der Waals surface area (Å²) in [6.07, 6.45) is 4.60. The van der Waals surface area contributed by atoms with Gasteiger partial charge in [-0.3, -0.25) is 0 Å². The molecule has 0 radical (unpaired) electrons. The molecule has 0 fully saturated rings. The van der Waals surface area contributed by atoms with E-state index < -0.39 is 0 Å². The average Bonchev–Trinajstić information content (AvgIpc) is 2.47. The van der Waals surface area contributed by atoms with Crippen LogP contribution in [0.4, 0.5) is 0 Å². The monoisotopic (exact) mass is 239 g/mol. The van der Waals surface area contributed by atoms with E-state index in [2.05, 4.69) is 4.98 Å². The van der Waals surface area contributed by atoms with Crippen LogP contribution in [0.25, 0.3) is 11.4 Å². The van der Waals surface area contributed by atoms with Crippen molar-refractivity contribution < 1.29 is 0 Å². The fourth-order valence-corrected chi connectivity index (χ4v) is 2.56. The summed E-state index contributed by atoms with van der Waals surface area (Å²) in [5.74, 6) is 0.816. The van der Waals surface area contributed by atoms with Crippen LogP contribution in [-0.4, -0.2) is 9.97 Å². The van der Waals surface area contributed by atoms with E-state index in [1.807, 2.05) is 30.3 Å². The fraction of sp³-hybridized carbons (Fsp3) is 0.333. The van der Waals surface area contributed by atoms with Crippen molar-refractivity contribution in [3.8, 4) is 11.4 Å². The van der Waals surface area contributed by atoms with Gasteiger partial charge in [-0.1, -0.05) is 30.3 Å². The Hall–Kier alpha value is -1.74. The molecule has 92 valence electrons. The first-order chi connectivity index (χ1) is 8.88. The molecule has 1 aromatic carbocycles. The van der Waals surface area contributed by atoms with Crippen molar-refractivity contribution >= 4 is 0 Å². The van der Waals surface area contributed by atoms with E-state index in [4.69, 9.17) is 10.7 Å². The maximum absolute atomic E-state index is 5.83. The predicted octanol–water partition coefficient (Wildman–Crippen LogP) is 2.48. The SMILES string of the molecule is NCc1nc(-c2ccccc2)nc2c1CCCC2. The topological polar surface area (TPSA) is 51.8 Å². The number of aryl methyl sites for hydroxylation is 1. The van der Waals surface area contributed by atoms with Gasteiger partial charge in [0.05, 0.1) is 5.69 Å². The summed E-state index contributed by atoms with van der Waals surface area (Å²) in [4.78, 5) is 9.36. The molecular weight excluding hydrogens is 222 g/mol. The first-order valence-corrected chi connectivity index (χ1v) is 6.52. The Kier molecular flexibility index (Phi) is 3.07. The number of nitrogens with zero attached hydrogens (tertiary/aromatic N) is 2. The molecule has 3 rings (SSSR count). The minimum Gasteiger partial charge on any atom is -0.325 e. The highest BCUT2D eigenvalue weighted by Gasteiger charge is 2.17. The van der Waals surface area contributed by atoms with Crippen LogP contribution in [0.1, 0.15) is 29.8 Å². The second-order valence-electron chi connectivity index (χ2n) is 4.70. The minimum absolute atomic E-state index is 0.505. The van der Waals surface area contributed by atoms with E-state index in [1.54, 1.807) is 0 Å². The average molecular weight is 239 g/mol. The largest absolute Gasteiger partial charge is 0.325 e. The number of aromatic nitrogens is 2. The van der Waals surface area contributed by atoms with Crippen LogP contribution in [-0.2, 0) is 19.4 Å². The third kappa shape index (κ3) is 2.02. The Morgan fingerprint density at radius 1 is 1.00 bits per heavy atom. The van der Waals surface area contributed by atoms with E-state index >= 15 is 0 Å². The molecule has 0 saturated carbocycles. The molecular formula is C15H17N3. The van der Waals surface area contributed by atoms with Gasteiger partial charge < -0.3 is 5.73 Å². The Morgan fingerprint density at radius 3 is 2.56 bits per heavy atom. The number of benzene rings is 1. The third-order valence-electron chi connectivity index (χ3n) is 3.49. The van der Waals surface area contributed by atoms with E-state index in [9.17, 15) is 0 Å². The van der Waals surface area contributed by atoms with Crippen LogP contribution in [0.5, 0.6) is 0 Å². The lowest BCUT2D eigenvalue weighted by atomic mass is 9.94. The van der Waals surface area contributed by atoms with Crippen LogP contribution in [0.2, 0.25) is 0 Å². The van der Waals surface area contributed by atoms with Crippen LogP contribution in [0.15, 0.2) is 30.3 Å². The lowest BCUT2D eigenvalue weighted by Crippen LogP contribution is -2.14. The Morgan fingerprint density at radius 2 is 1.78 bits per heavy atom. The second kappa shape index (κ2) is 4.86. The first-order valence-electron chi connectivity index (χ1n) is 6.52. The van der Waals surface area contributed by atoms with E-state index in [0.717, 1.165) is 29.9 Å². The molecule has 0 atom stereocenters. The van der Waals surface area contributed by atoms with Crippen LogP contribution in [0.3, 0.4) is 0 Å². The van der Waals surface area contributed by atoms with Gasteiger partial charge in [0.2, 0.25) is 0 Å². The zero-order valence-electron chi connectivity index (χ0n) is 10.4. The molecule has 0 spiro atoms. The van der Waals surface area contributed by atoms with E-state index in [0.29, 0.717) is 6.54 Å². The van der Waals surface area contributed by atoms with Gasteiger partial charge in [0.15, 0.2) is 5.82 Å². The standard InChI is InChI=1S/C15H17N3/c16-10-14-12-8-4-5-9-13(12)17-15(18-14)11-6-2-1-3-7-11/h1-3,6-7H,4-5,8-10,16H2. The molecule has 0 amide bonds. The lowest BCUT2D eigenvalue weighted by molar-refractivity contribution is 0.652. The number of fused-ring (bicyclic) bond motifs is 1. The van der Waals surface area contributed by atoms with Gasteiger partial charge in [-0.25, -0.2) is 9.97 Å². The molecule has 2 aromatic rings. The highest BCUT2D eigenvalue weighted by molar-refractivity contribution is 5.55. The Bertz CT molecular complexity index is 532. The molecule has 0 bridgehead atoms. The summed E-state index contributed by atoms with van der Waals surface area (Å²) in [5.41, 5.74) is 10.4. The second-order valence-corrected chi connectivity index (χ2v) is 4.70. The van der Waals surface area contributed by atoms with Crippen molar-refractivity contribution in [3.05, 3.63) is 47.3 Å². The highest BCUT2D eigenvalue weighted by Crippen LogP contribution is 2.25. The molecule has 1 heterocycles. The third-order valence-corrected chi connectivity index (χ3v) is 3.49. The maximum atomic E-state index is 5.83. The molecule has 3 heteroatoms. The van der Waals surface area contributed by atoms with E-state index in [-0.39, 0.29) is 0 Å². The van der Waals surface area contributed by atoms with Crippen molar-refractivity contribution in [1.82, 2.24) is 9.97 Å². The zero-order chi connectivity index (χ0) is 12.4. The summed E-state index contributed by atoms with van der Waals surface area (Å²) in [6, 6.07) is 10.1. The number of nitrogens with two attached hydrogens (primary N) is 1. The normalized spacial score (nSPS) is 14.3. The van der Waals surface area contributed by atoms with Crippen molar-refractivity contribution in [3.63, 3.8) is 0 Å². The minimum atomic E-state index is 0.505. The van der Waals surface area contributed by atoms with Gasteiger partial charge in [-0.05, 0) is 31.2 Å². The summed E-state index contributed by atoms with van der Waals surface area (Å²) >= 11 is 0. The highest BCUT2D eigenvalue weighted by atomic mass is 14.9. The van der Waals surface area contributed by atoms with Crippen LogP contribution >= 0.6 is 0 Å². The van der Waals surface area contributed by atoms with E-state index in [1.165, 1.54) is 24.1 Å². The lowest BCUT2D eigenvalue weighted by Gasteiger charge is -2.18. The molecule has 3 nitrogen and oxygen atoms in total. The number of rotatable bonds is 2. The van der Waals surface area contributed by atoms with Crippen molar-refractivity contribution in [2.24, 2.45) is 5.73 Å². The smallest absolute Gasteiger partial charge is 0.159 e. The van der Waals surface area contributed by atoms with Crippen LogP contribution < -0.4 is 5.73 Å². The van der Waals surface area contributed by atoms with Crippen molar-refractivity contribution in [1.29, 1.82) is 0 Å². The molecule has 18 heavy (non-hydrogen) atoms. The van der Waals surface area contributed by atoms with Gasteiger partial charge in [0.25, 0.3) is 0 Å². The Labute approximate surface area is 107 Å². The summed E-state index contributed by atoms with van der Waals surface area (Å²) < 4.78 is 0. The quantitative estimate of drug-likeness (QED) is 0.876. The fourth-order valence-electron chi connectivity index (χ4n) is 2.56. The Balaban J connectivity index is 2.12. The number of hydrogen-bond acceptors (Lipinski definition) is 3. The van der Waals surface area contributed by atoms with Crippen LogP contribution in [0, 0.1) is 0 Å². The molecule has 1 aromatic heterocycles. The summed E-state index contributed by atoms with van der Waals surface area (Å²) in [5, 5.41) is 0. The summed E-state index contributed by atoms with van der Waals surface area (Å²) in [7, 11) is 0. The molecule has 0 aliphatic heterocycles. The summed E-state index contributed by atoms with van der Waals surface area (Å²) in [6.45, 7) is 0.505. The van der Waals surface area contributed by atoms with Gasteiger partial charge in [0.1, 0.15) is 0 Å². The first kappa shape index (κ1) is 11.4. The van der Waals surface area contributed by atoms with Crippen molar-refractivity contribution in [2.75, 3.05) is 0 Å². The zero-order valence-corrected chi connectivity index (χ0v) is 10.4. The molecule has 0 unspecified atom stereocenters. The van der Waals surface area contributed by atoms with Gasteiger partial charge in [-0.15, -0.1) is 0 Å². The molecule has 1 aliphatic carbocycles. The molecule has 1 aliphatic rings. The van der Waals surface area contributed by atoms with Gasteiger partial charge in [-0.2, -0.15) is 0 Å². The number of hydrogen-bond donors (Lipinski definition) is 1. The molecule has 2 N–H and O–H groups in total. The predicted molar refractivity (Wildman–Crippen MR) is 72.0 cm³/mol. The molecule has 0 saturated heterocycles. The van der Waals surface area contributed by atoms with Crippen molar-refractivity contribution in [2.45, 2.75) is 32.2 Å².